The molecular weight excluding hydrogens is 521 g/mol. The van der Waals surface area contributed by atoms with Crippen LogP contribution >= 0.6 is 24.0 Å². The lowest BCUT2D eigenvalue weighted by Gasteiger charge is -2.26. The maximum atomic E-state index is 5.42. The van der Waals surface area contributed by atoms with Crippen molar-refractivity contribution in [1.29, 1.82) is 0 Å². The van der Waals surface area contributed by atoms with Gasteiger partial charge in [0.15, 0.2) is 11.8 Å². The summed E-state index contributed by atoms with van der Waals surface area (Å²) < 4.78 is 12.8. The number of guanidine groups is 1. The first-order valence-corrected chi connectivity index (χ1v) is 10.9. The fourth-order valence-electron chi connectivity index (χ4n) is 3.48. The van der Waals surface area contributed by atoms with E-state index in [9.17, 15) is 0 Å². The summed E-state index contributed by atoms with van der Waals surface area (Å²) in [6.07, 6.45) is 1.04. The van der Waals surface area contributed by atoms with Gasteiger partial charge in [0.25, 0.3) is 0 Å². The first-order valence-electron chi connectivity index (χ1n) is 10.9. The average molecular weight is 557 g/mol. The van der Waals surface area contributed by atoms with Crippen LogP contribution in [0.5, 0.6) is 5.75 Å². The number of hydrogen-bond acceptors (Lipinski definition) is 6. The van der Waals surface area contributed by atoms with Gasteiger partial charge >= 0.3 is 0 Å². The van der Waals surface area contributed by atoms with E-state index in [-0.39, 0.29) is 24.0 Å². The molecule has 1 aliphatic rings. The number of benzene rings is 1. The second kappa shape index (κ2) is 13.6. The molecule has 0 spiro atoms. The Labute approximate surface area is 208 Å². The summed E-state index contributed by atoms with van der Waals surface area (Å²) in [5, 5.41) is 15.2. The van der Waals surface area contributed by atoms with Gasteiger partial charge in [0.2, 0.25) is 0 Å². The molecule has 0 atom stereocenters. The molecule has 3 rings (SSSR count). The van der Waals surface area contributed by atoms with Crippen molar-refractivity contribution >= 4 is 29.9 Å². The van der Waals surface area contributed by atoms with Gasteiger partial charge in [-0.3, -0.25) is 4.90 Å². The Morgan fingerprint density at radius 2 is 1.94 bits per heavy atom. The highest BCUT2D eigenvalue weighted by molar-refractivity contribution is 14.0. The zero-order chi connectivity index (χ0) is 22.1. The SMILES string of the molecule is COc1cc(C)cc(CN=C(NCCCN2CCOCC2)NCc2nnc(C)n2C)c1.I. The fraction of sp³-hybridized carbons (Fsp3) is 0.591. The highest BCUT2D eigenvalue weighted by Crippen LogP contribution is 2.17. The molecule has 9 nitrogen and oxygen atoms in total. The van der Waals surface area contributed by atoms with E-state index >= 15 is 0 Å². The molecule has 0 unspecified atom stereocenters. The third-order valence-electron chi connectivity index (χ3n) is 5.41. The van der Waals surface area contributed by atoms with Crippen LogP contribution in [-0.4, -0.2) is 72.1 Å². The smallest absolute Gasteiger partial charge is 0.191 e. The van der Waals surface area contributed by atoms with Crippen LogP contribution in [0.3, 0.4) is 0 Å². The Hall–Kier alpha value is -1.92. The number of aromatic nitrogens is 3. The predicted molar refractivity (Wildman–Crippen MR) is 137 cm³/mol. The van der Waals surface area contributed by atoms with E-state index in [0.29, 0.717) is 13.1 Å². The van der Waals surface area contributed by atoms with E-state index in [2.05, 4.69) is 38.7 Å². The standard InChI is InChI=1S/C22H35N7O2.HI/c1-17-12-19(14-20(13-17)30-4)15-24-22(25-16-21-27-26-18(2)28(21)3)23-6-5-7-29-8-10-31-11-9-29;/h12-14H,5-11,15-16H2,1-4H3,(H2,23,24,25);1H. The molecule has 1 aromatic heterocycles. The number of nitrogens with one attached hydrogen (secondary N) is 2. The van der Waals surface area contributed by atoms with E-state index in [4.69, 9.17) is 14.5 Å². The minimum Gasteiger partial charge on any atom is -0.497 e. The Balaban J connectivity index is 0.00000363. The maximum absolute atomic E-state index is 5.42. The number of halogens is 1. The first-order chi connectivity index (χ1) is 15.0. The van der Waals surface area contributed by atoms with Gasteiger partial charge in [0.05, 0.1) is 33.4 Å². The van der Waals surface area contributed by atoms with Crippen molar-refractivity contribution in [2.24, 2.45) is 12.0 Å². The monoisotopic (exact) mass is 557 g/mol. The Bertz CT molecular complexity index is 866. The second-order valence-corrected chi connectivity index (χ2v) is 7.83. The van der Waals surface area contributed by atoms with E-state index in [1.807, 2.05) is 30.7 Å². The van der Waals surface area contributed by atoms with Crippen molar-refractivity contribution in [2.45, 2.75) is 33.4 Å². The lowest BCUT2D eigenvalue weighted by atomic mass is 10.1. The van der Waals surface area contributed by atoms with Gasteiger partial charge in [-0.1, -0.05) is 6.07 Å². The lowest BCUT2D eigenvalue weighted by molar-refractivity contribution is 0.0376. The van der Waals surface area contributed by atoms with Crippen LogP contribution in [0.1, 0.15) is 29.2 Å². The van der Waals surface area contributed by atoms with Crippen LogP contribution < -0.4 is 15.4 Å². The van der Waals surface area contributed by atoms with Gasteiger partial charge in [-0.05, 0) is 50.1 Å². The van der Waals surface area contributed by atoms with Crippen LogP contribution in [0, 0.1) is 13.8 Å². The molecule has 2 aromatic rings. The average Bonchev–Trinajstić information content (AvgIpc) is 3.10. The molecule has 0 amide bonds. The number of morpholine rings is 1. The number of rotatable bonds is 9. The molecule has 1 fully saturated rings. The molecule has 1 saturated heterocycles. The van der Waals surface area contributed by atoms with Crippen molar-refractivity contribution in [1.82, 2.24) is 30.3 Å². The summed E-state index contributed by atoms with van der Waals surface area (Å²) in [5.74, 6) is 3.38. The quantitative estimate of drug-likeness (QED) is 0.211. The van der Waals surface area contributed by atoms with Gasteiger partial charge < -0.3 is 24.7 Å². The first kappa shape index (κ1) is 26.3. The van der Waals surface area contributed by atoms with Crippen molar-refractivity contribution in [2.75, 3.05) is 46.5 Å². The zero-order valence-electron chi connectivity index (χ0n) is 19.6. The number of nitrogens with zero attached hydrogens (tertiary/aromatic N) is 5. The van der Waals surface area contributed by atoms with Crippen LogP contribution in [0.2, 0.25) is 0 Å². The molecular formula is C22H36IN7O2. The third kappa shape index (κ3) is 8.21. The highest BCUT2D eigenvalue weighted by atomic mass is 127. The predicted octanol–water partition coefficient (Wildman–Crippen LogP) is 2.02. The largest absolute Gasteiger partial charge is 0.497 e. The Morgan fingerprint density at radius 1 is 1.16 bits per heavy atom. The molecule has 0 bridgehead atoms. The second-order valence-electron chi connectivity index (χ2n) is 7.83. The summed E-state index contributed by atoms with van der Waals surface area (Å²) >= 11 is 0. The lowest BCUT2D eigenvalue weighted by Crippen LogP contribution is -2.40. The van der Waals surface area contributed by atoms with Gasteiger partial charge in [0.1, 0.15) is 11.6 Å². The molecule has 0 saturated carbocycles. The molecule has 0 aliphatic carbocycles. The van der Waals surface area contributed by atoms with E-state index < -0.39 is 0 Å². The maximum Gasteiger partial charge on any atom is 0.191 e. The van der Waals surface area contributed by atoms with Gasteiger partial charge in [-0.2, -0.15) is 0 Å². The molecule has 2 N–H and O–H groups in total. The number of methoxy groups -OCH3 is 1. The van der Waals surface area contributed by atoms with Crippen molar-refractivity contribution < 1.29 is 9.47 Å². The zero-order valence-corrected chi connectivity index (χ0v) is 21.9. The van der Waals surface area contributed by atoms with Crippen LogP contribution in [-0.2, 0) is 24.9 Å². The third-order valence-corrected chi connectivity index (χ3v) is 5.41. The van der Waals surface area contributed by atoms with E-state index in [0.717, 1.165) is 80.3 Å². The minimum atomic E-state index is 0. The van der Waals surface area contributed by atoms with E-state index in [1.54, 1.807) is 7.11 Å². The Kier molecular flexibility index (Phi) is 11.2. The van der Waals surface area contributed by atoms with Crippen molar-refractivity contribution in [3.05, 3.63) is 41.0 Å². The van der Waals surface area contributed by atoms with Gasteiger partial charge in [-0.15, -0.1) is 34.2 Å². The molecule has 32 heavy (non-hydrogen) atoms. The number of hydrogen-bond donors (Lipinski definition) is 2. The fourth-order valence-corrected chi connectivity index (χ4v) is 3.48. The summed E-state index contributed by atoms with van der Waals surface area (Å²) in [4.78, 5) is 7.24. The van der Waals surface area contributed by atoms with Gasteiger partial charge in [-0.25, -0.2) is 4.99 Å². The van der Waals surface area contributed by atoms with Crippen LogP contribution in [0.15, 0.2) is 23.2 Å². The summed E-state index contributed by atoms with van der Waals surface area (Å²) in [7, 11) is 3.66. The Morgan fingerprint density at radius 3 is 2.62 bits per heavy atom. The molecule has 1 aliphatic heterocycles. The molecule has 1 aromatic carbocycles. The van der Waals surface area contributed by atoms with E-state index in [1.165, 1.54) is 0 Å². The van der Waals surface area contributed by atoms with Crippen molar-refractivity contribution in [3.63, 3.8) is 0 Å². The minimum absolute atomic E-state index is 0. The normalized spacial score (nSPS) is 14.7. The number of ether oxygens (including phenoxy) is 2. The van der Waals surface area contributed by atoms with Crippen LogP contribution in [0.25, 0.3) is 0 Å². The number of aliphatic imine (C=N–C) groups is 1. The molecule has 10 heteroatoms. The molecule has 178 valence electrons. The summed E-state index contributed by atoms with van der Waals surface area (Å²) in [6.45, 7) is 10.7. The van der Waals surface area contributed by atoms with Crippen LogP contribution in [0.4, 0.5) is 0 Å². The molecule has 2 heterocycles. The number of aryl methyl sites for hydroxylation is 2. The highest BCUT2D eigenvalue weighted by Gasteiger charge is 2.10. The van der Waals surface area contributed by atoms with Gasteiger partial charge in [0, 0.05) is 26.7 Å². The van der Waals surface area contributed by atoms with Crippen molar-refractivity contribution in [3.8, 4) is 5.75 Å². The molecule has 0 radical (unpaired) electrons. The summed E-state index contributed by atoms with van der Waals surface area (Å²) in [6, 6.07) is 6.18. The topological polar surface area (TPSA) is 88.8 Å². The summed E-state index contributed by atoms with van der Waals surface area (Å²) in [5.41, 5.74) is 2.27.